The van der Waals surface area contributed by atoms with Crippen LogP contribution in [0.25, 0.3) is 0 Å². The number of aromatic hydroxyl groups is 2. The highest BCUT2D eigenvalue weighted by Crippen LogP contribution is 2.54. The van der Waals surface area contributed by atoms with Crippen molar-refractivity contribution >= 4 is 92.8 Å². The number of carbonyl (C=O) groups excluding carboxylic acids is 8. The molecule has 0 unspecified atom stereocenters. The number of anilines is 8. The SMILES string of the molecule is Cc1cc2cc(C)c1NC(=O)c1cccc(c1)C(=O)Nc1c(C)cc(cc1C)C1(CCCCC1)c1cc(C)c(c(C)c1)NC(=O)c1cc(O)cc(c1)C(=O)Nc1c(C)cc(cc1C)C21CCCCC1.Cc1cc2cc(C)c1NC(=O)c1cccc(c1)C(=O)Nc1c(C)cc(cc1C)C1(CCCCC1)c1cc(C)c(c(C)c1)NC(=O)c1cc(O)cc(c1)C(=O)Nc1c(C)cc(cc1C)C21CCCCC1. The van der Waals surface area contributed by atoms with Crippen LogP contribution in [0.15, 0.2) is 182 Å². The van der Waals surface area contributed by atoms with Gasteiger partial charge in [0.25, 0.3) is 47.3 Å². The molecule has 12 aromatic carbocycles. The Hall–Kier alpha value is -14.0. The summed E-state index contributed by atoms with van der Waals surface area (Å²) in [5, 5.41) is 47.1. The summed E-state index contributed by atoms with van der Waals surface area (Å²) in [5.41, 5.74) is 31.2. The zero-order chi connectivity index (χ0) is 97.9. The fourth-order valence-corrected chi connectivity index (χ4v) is 23.9. The van der Waals surface area contributed by atoms with Gasteiger partial charge in [0.2, 0.25) is 0 Å². The van der Waals surface area contributed by atoms with E-state index in [2.05, 4.69) is 140 Å². The summed E-state index contributed by atoms with van der Waals surface area (Å²) in [4.78, 5) is 113. The maximum Gasteiger partial charge on any atom is 0.255 e. The van der Waals surface area contributed by atoms with Gasteiger partial charge >= 0.3 is 0 Å². The average molecular weight is 1840 g/mol. The summed E-state index contributed by atoms with van der Waals surface area (Å²) >= 11 is 0. The molecular weight excluding hydrogens is 1710 g/mol. The fourth-order valence-electron chi connectivity index (χ4n) is 23.9. The number of phenolic OH excluding ortho intramolecular Hbond substituents is 2. The summed E-state index contributed by atoms with van der Waals surface area (Å²) in [7, 11) is 0. The van der Waals surface area contributed by atoms with E-state index in [1.165, 1.54) is 80.9 Å². The van der Waals surface area contributed by atoms with E-state index in [1.54, 1.807) is 48.5 Å². The number of hydrogen-bond donors (Lipinski definition) is 10. The molecule has 20 heterocycles. The first kappa shape index (κ1) is 95.7. The predicted octanol–water partition coefficient (Wildman–Crippen LogP) is 27.4. The number of phenols is 2. The zero-order valence-electron chi connectivity index (χ0n) is 82.6. The molecule has 4 aliphatic carbocycles. The standard InChI is InChI=1S/2C60H64N4O5/c2*1-34-22-46-23-35(2)51(34)61-55(66)42-16-15-17-43(30-42)56(67)62-52-36(3)24-47(25-37(52)4)60(20-13-10-14-21-60)49-28-40(7)54(41(8)29-49)64-58(69)45-31-44(32-50(65)33-45)57(68)63-53-38(5)26-48(27-39(53)6)59(46)18-11-9-12-19-59/h2*15-17,22-33,65H,9-14,18-21H2,1-8H3,(H,61,66)(H,62,67)(H,63,68)(H,64,69). The van der Waals surface area contributed by atoms with Crippen LogP contribution in [0.1, 0.15) is 345 Å². The number of carbonyl (C=O) groups is 8. The predicted molar refractivity (Wildman–Crippen MR) is 556 cm³/mol. The quantitative estimate of drug-likeness (QED) is 0.0686. The van der Waals surface area contributed by atoms with Gasteiger partial charge in [-0.15, -0.1) is 0 Å². The van der Waals surface area contributed by atoms with Crippen LogP contribution >= 0.6 is 0 Å². The van der Waals surface area contributed by atoms with Crippen LogP contribution in [0.5, 0.6) is 11.5 Å². The molecule has 0 saturated heterocycles. The van der Waals surface area contributed by atoms with Gasteiger partial charge in [-0.25, -0.2) is 0 Å². The Balaban J connectivity index is 0.000000191. The van der Waals surface area contributed by atoms with E-state index in [0.717, 1.165) is 240 Å². The average Bonchev–Trinajstić information content (AvgIpc) is 0.758. The van der Waals surface area contributed by atoms with Crippen molar-refractivity contribution in [2.45, 2.75) is 261 Å². The second-order valence-electron chi connectivity index (χ2n) is 40.8. The van der Waals surface area contributed by atoms with Crippen LogP contribution in [0.3, 0.4) is 0 Å². The van der Waals surface area contributed by atoms with Crippen molar-refractivity contribution in [2.75, 3.05) is 42.5 Å². The Morgan fingerprint density at radius 3 is 0.435 bits per heavy atom. The Labute approximate surface area is 811 Å². The summed E-state index contributed by atoms with van der Waals surface area (Å²) in [5.74, 6) is -3.23. The molecule has 20 aliphatic heterocycles. The Morgan fingerprint density at radius 1 is 0.174 bits per heavy atom. The molecular formula is C120H128N8O10. The van der Waals surface area contributed by atoms with E-state index in [9.17, 15) is 48.6 Å². The molecule has 8 amide bonds. The van der Waals surface area contributed by atoms with Gasteiger partial charge in [0.05, 0.1) is 0 Å². The van der Waals surface area contributed by atoms with Crippen molar-refractivity contribution in [1.82, 2.24) is 0 Å². The molecule has 4 spiro atoms. The van der Waals surface area contributed by atoms with Crippen molar-refractivity contribution in [3.05, 3.63) is 360 Å². The minimum absolute atomic E-state index is 0.169. The van der Waals surface area contributed by atoms with E-state index in [-0.39, 0.29) is 79.0 Å². The lowest BCUT2D eigenvalue weighted by molar-refractivity contribution is 0.101. The molecule has 24 aliphatic rings. The topological polar surface area (TPSA) is 273 Å². The second kappa shape index (κ2) is 38.5. The summed E-state index contributed by atoms with van der Waals surface area (Å²) in [6.07, 6.45) is 20.8. The van der Waals surface area contributed by atoms with Crippen LogP contribution in [-0.2, 0) is 21.7 Å². The highest BCUT2D eigenvalue weighted by Gasteiger charge is 2.43. The molecule has 4 fully saturated rings. The molecule has 18 heteroatoms. The van der Waals surface area contributed by atoms with Gasteiger partial charge < -0.3 is 52.7 Å². The van der Waals surface area contributed by atoms with E-state index < -0.39 is 23.6 Å². The normalized spacial score (nSPS) is 17.0. The molecule has 10 N–H and O–H groups in total. The third-order valence-corrected chi connectivity index (χ3v) is 31.1. The van der Waals surface area contributed by atoms with Crippen LogP contribution < -0.4 is 42.5 Å². The lowest BCUT2D eigenvalue weighted by atomic mass is 9.64. The van der Waals surface area contributed by atoms with E-state index in [1.807, 2.05) is 111 Å². The number of benzene rings is 12. The van der Waals surface area contributed by atoms with Gasteiger partial charge in [0.15, 0.2) is 0 Å². The number of amides is 8. The van der Waals surface area contributed by atoms with E-state index in [0.29, 0.717) is 45.0 Å². The Morgan fingerprint density at radius 2 is 0.297 bits per heavy atom. The lowest BCUT2D eigenvalue weighted by Crippen LogP contribution is -2.31. The van der Waals surface area contributed by atoms with Crippen molar-refractivity contribution in [1.29, 1.82) is 0 Å². The zero-order valence-corrected chi connectivity index (χ0v) is 82.6. The molecule has 138 heavy (non-hydrogen) atoms. The van der Waals surface area contributed by atoms with E-state index >= 15 is 0 Å². The summed E-state index contributed by atoms with van der Waals surface area (Å²) < 4.78 is 0. The second-order valence-corrected chi connectivity index (χ2v) is 40.8. The molecule has 708 valence electrons. The summed E-state index contributed by atoms with van der Waals surface area (Å²) in [6, 6.07) is 57.6. The minimum atomic E-state index is -0.428. The van der Waals surface area contributed by atoms with Crippen LogP contribution in [0, 0.1) is 111 Å². The molecule has 36 rings (SSSR count). The van der Waals surface area contributed by atoms with Gasteiger partial charge in [0.1, 0.15) is 11.5 Å². The molecule has 0 radical (unpaired) electrons. The molecule has 0 aromatic heterocycles. The number of nitrogens with one attached hydrogen (secondary N) is 8. The first-order chi connectivity index (χ1) is 65.9. The largest absolute Gasteiger partial charge is 0.508 e. The van der Waals surface area contributed by atoms with Gasteiger partial charge in [-0.05, 0) is 368 Å². The third kappa shape index (κ3) is 18.6. The third-order valence-electron chi connectivity index (χ3n) is 31.1. The first-order valence-electron chi connectivity index (χ1n) is 49.3. The Bertz CT molecular complexity index is 6030. The molecule has 12 aromatic rings. The van der Waals surface area contributed by atoms with Crippen LogP contribution in [0.4, 0.5) is 45.5 Å². The Kier molecular flexibility index (Phi) is 26.7. The molecule has 4 saturated carbocycles. The van der Waals surface area contributed by atoms with Crippen molar-refractivity contribution in [3.8, 4) is 11.5 Å². The van der Waals surface area contributed by atoms with Crippen molar-refractivity contribution in [2.24, 2.45) is 0 Å². The maximum atomic E-state index is 14.1. The van der Waals surface area contributed by atoms with Crippen LogP contribution in [0.2, 0.25) is 0 Å². The minimum Gasteiger partial charge on any atom is -0.508 e. The van der Waals surface area contributed by atoms with Gasteiger partial charge in [-0.3, -0.25) is 38.4 Å². The monoisotopic (exact) mass is 1840 g/mol. The number of aryl methyl sites for hydroxylation is 16. The first-order valence-corrected chi connectivity index (χ1v) is 49.3. The van der Waals surface area contributed by atoms with Crippen molar-refractivity contribution in [3.63, 3.8) is 0 Å². The highest BCUT2D eigenvalue weighted by atomic mass is 16.3. The summed E-state index contributed by atoms with van der Waals surface area (Å²) in [6.45, 7) is 32.3. The smallest absolute Gasteiger partial charge is 0.255 e. The number of rotatable bonds is 0. The lowest BCUT2D eigenvalue weighted by Gasteiger charge is -2.40. The fraction of sp³-hybridized carbons (Fsp3) is 0.333. The van der Waals surface area contributed by atoms with Crippen molar-refractivity contribution < 1.29 is 48.6 Å². The highest BCUT2D eigenvalue weighted by molar-refractivity contribution is 6.14. The number of hydrogen-bond acceptors (Lipinski definition) is 10. The molecule has 18 nitrogen and oxygen atoms in total. The van der Waals surface area contributed by atoms with Gasteiger partial charge in [-0.2, -0.15) is 0 Å². The molecule has 24 bridgehead atoms. The van der Waals surface area contributed by atoms with E-state index in [4.69, 9.17) is 0 Å². The van der Waals surface area contributed by atoms with Crippen LogP contribution in [-0.4, -0.2) is 57.5 Å². The maximum absolute atomic E-state index is 14.1. The van der Waals surface area contributed by atoms with Gasteiger partial charge in [-0.1, -0.05) is 186 Å². The van der Waals surface area contributed by atoms with Gasteiger partial charge in [0, 0.05) is 112 Å². The molecule has 0 atom stereocenters.